The number of nitrogens with zero attached hydrogens (tertiary/aromatic N) is 4. The molecule has 0 N–H and O–H groups in total. The first-order chi connectivity index (χ1) is 6.74. The van der Waals surface area contributed by atoms with E-state index >= 15 is 0 Å². The summed E-state index contributed by atoms with van der Waals surface area (Å²) >= 11 is 0. The third-order valence-electron chi connectivity index (χ3n) is 1.38. The van der Waals surface area contributed by atoms with Gasteiger partial charge in [-0.15, -0.1) is 0 Å². The topological polar surface area (TPSA) is 101 Å². The first-order valence-electron chi connectivity index (χ1n) is 3.62. The highest BCUT2D eigenvalue weighted by atomic mass is 16.6. The monoisotopic (exact) mass is 194 g/mol. The number of ether oxygens (including phenoxy) is 1. The molecule has 1 rings (SSSR count). The lowest BCUT2D eigenvalue weighted by molar-refractivity contribution is -0.384. The third kappa shape index (κ3) is 2.65. The molecule has 1 aromatic carbocycles. The van der Waals surface area contributed by atoms with Crippen LogP contribution in [0.4, 0.5) is 5.69 Å². The van der Waals surface area contributed by atoms with Gasteiger partial charge < -0.3 is 4.74 Å². The Kier molecular flexibility index (Phi) is 3.28. The quantitative estimate of drug-likeness (QED) is 0.241. The Morgan fingerprint density at radius 3 is 3.07 bits per heavy atom. The van der Waals surface area contributed by atoms with Gasteiger partial charge in [-0.1, -0.05) is 11.2 Å². The van der Waals surface area contributed by atoms with Gasteiger partial charge in [0.2, 0.25) is 0 Å². The predicted molar refractivity (Wildman–Crippen MR) is 47.7 cm³/mol. The molecule has 0 aliphatic heterocycles. The second-order valence-corrected chi connectivity index (χ2v) is 2.26. The molecule has 0 bridgehead atoms. The minimum atomic E-state index is -0.527. The van der Waals surface area contributed by atoms with Crippen LogP contribution in [0.2, 0.25) is 0 Å². The lowest BCUT2D eigenvalue weighted by Crippen LogP contribution is -1.93. The summed E-state index contributed by atoms with van der Waals surface area (Å²) in [6, 6.07) is 5.64. The van der Waals surface area contributed by atoms with Gasteiger partial charge in [0.25, 0.3) is 5.69 Å². The van der Waals surface area contributed by atoms with Crippen LogP contribution in [0, 0.1) is 10.1 Å². The molecule has 0 saturated carbocycles. The van der Waals surface area contributed by atoms with Gasteiger partial charge in [0.1, 0.15) is 5.75 Å². The first-order valence-corrected chi connectivity index (χ1v) is 3.62. The van der Waals surface area contributed by atoms with E-state index in [2.05, 4.69) is 10.0 Å². The van der Waals surface area contributed by atoms with Crippen LogP contribution in [-0.2, 0) is 0 Å². The Morgan fingerprint density at radius 1 is 1.64 bits per heavy atom. The van der Waals surface area contributed by atoms with Crippen LogP contribution in [0.5, 0.6) is 5.75 Å². The van der Waals surface area contributed by atoms with Crippen molar-refractivity contribution in [1.82, 2.24) is 0 Å². The molecule has 0 aliphatic rings. The second-order valence-electron chi connectivity index (χ2n) is 2.26. The maximum atomic E-state index is 10.4. The highest BCUT2D eigenvalue weighted by Crippen LogP contribution is 2.18. The Labute approximate surface area is 78.7 Å². The highest BCUT2D eigenvalue weighted by molar-refractivity contribution is 5.37. The zero-order valence-electron chi connectivity index (χ0n) is 7.03. The maximum Gasteiger partial charge on any atom is 0.273 e. The molecule has 0 heterocycles. The van der Waals surface area contributed by atoms with Crippen molar-refractivity contribution in [2.45, 2.75) is 0 Å². The van der Waals surface area contributed by atoms with Gasteiger partial charge in [-0.2, -0.15) is 0 Å². The molecule has 0 unspecified atom stereocenters. The summed E-state index contributed by atoms with van der Waals surface area (Å²) in [6.07, 6.45) is 0. The zero-order valence-corrected chi connectivity index (χ0v) is 7.03. The van der Waals surface area contributed by atoms with E-state index in [4.69, 9.17) is 10.3 Å². The van der Waals surface area contributed by atoms with E-state index in [1.165, 1.54) is 18.2 Å². The maximum absolute atomic E-state index is 10.4. The Hall–Kier alpha value is -2.27. The molecule has 0 atom stereocenters. The summed E-state index contributed by atoms with van der Waals surface area (Å²) < 4.78 is 4.91. The molecule has 0 radical (unpaired) electrons. The molecule has 0 fully saturated rings. The summed E-state index contributed by atoms with van der Waals surface area (Å²) in [7, 11) is 0. The van der Waals surface area contributed by atoms with E-state index in [0.717, 1.165) is 0 Å². The summed E-state index contributed by atoms with van der Waals surface area (Å²) in [5.74, 6) is 0.298. The van der Waals surface area contributed by atoms with E-state index in [1.807, 2.05) is 0 Å². The van der Waals surface area contributed by atoms with E-state index in [9.17, 15) is 10.1 Å². The van der Waals surface area contributed by atoms with E-state index in [0.29, 0.717) is 5.75 Å². The average molecular weight is 194 g/mol. The minimum absolute atomic E-state index is 0.0663. The van der Waals surface area contributed by atoms with E-state index in [1.54, 1.807) is 6.07 Å². The lowest BCUT2D eigenvalue weighted by atomic mass is 10.3. The highest BCUT2D eigenvalue weighted by Gasteiger charge is 2.05. The molecule has 7 nitrogen and oxygen atoms in total. The van der Waals surface area contributed by atoms with Crippen molar-refractivity contribution in [2.75, 3.05) is 6.73 Å². The molecular formula is C7H6N4O3. The van der Waals surface area contributed by atoms with Gasteiger partial charge in [-0.25, -0.2) is 0 Å². The molecule has 7 heteroatoms. The molecule has 0 aliphatic carbocycles. The van der Waals surface area contributed by atoms with Crippen LogP contribution in [0.3, 0.4) is 0 Å². The van der Waals surface area contributed by atoms with Crippen LogP contribution in [0.1, 0.15) is 0 Å². The fourth-order valence-electron chi connectivity index (χ4n) is 0.816. The number of nitro groups is 1. The molecule has 0 spiro atoms. The molecule has 0 saturated heterocycles. The van der Waals surface area contributed by atoms with Gasteiger partial charge in [0.05, 0.1) is 11.0 Å². The minimum Gasteiger partial charge on any atom is -0.487 e. The van der Waals surface area contributed by atoms with E-state index in [-0.39, 0.29) is 12.4 Å². The van der Waals surface area contributed by atoms with Crippen LogP contribution in [0.25, 0.3) is 10.4 Å². The number of nitro benzene ring substituents is 1. The molecule has 72 valence electrons. The number of hydrogen-bond acceptors (Lipinski definition) is 4. The number of rotatable bonds is 4. The fourth-order valence-corrected chi connectivity index (χ4v) is 0.816. The molecule has 0 amide bonds. The number of non-ortho nitro benzene ring substituents is 1. The van der Waals surface area contributed by atoms with Crippen LogP contribution in [-0.4, -0.2) is 11.7 Å². The molecular weight excluding hydrogens is 188 g/mol. The summed E-state index contributed by atoms with van der Waals surface area (Å²) in [5.41, 5.74) is 7.89. The standard InChI is InChI=1S/C7H6N4O3/c8-10-9-5-14-7-3-1-2-6(4-7)11(12)13/h1-4H,5H2. The van der Waals surface area contributed by atoms with Gasteiger partial charge in [0, 0.05) is 11.0 Å². The Morgan fingerprint density at radius 2 is 2.43 bits per heavy atom. The summed E-state index contributed by atoms with van der Waals surface area (Å²) in [5, 5.41) is 13.5. The largest absolute Gasteiger partial charge is 0.487 e. The average Bonchev–Trinajstić information content (AvgIpc) is 2.19. The Balaban J connectivity index is 2.73. The van der Waals surface area contributed by atoms with Gasteiger partial charge >= 0.3 is 0 Å². The third-order valence-corrected chi connectivity index (χ3v) is 1.38. The van der Waals surface area contributed by atoms with Crippen molar-refractivity contribution in [1.29, 1.82) is 0 Å². The van der Waals surface area contributed by atoms with Gasteiger partial charge in [0.15, 0.2) is 6.73 Å². The van der Waals surface area contributed by atoms with Gasteiger partial charge in [-0.05, 0) is 11.6 Å². The van der Waals surface area contributed by atoms with Crippen molar-refractivity contribution in [3.05, 3.63) is 44.8 Å². The van der Waals surface area contributed by atoms with Crippen LogP contribution < -0.4 is 4.74 Å². The molecule has 14 heavy (non-hydrogen) atoms. The summed E-state index contributed by atoms with van der Waals surface area (Å²) in [6.45, 7) is -0.183. The van der Waals surface area contributed by atoms with Crippen molar-refractivity contribution in [3.8, 4) is 5.75 Å². The smallest absolute Gasteiger partial charge is 0.273 e. The molecule has 0 aromatic heterocycles. The van der Waals surface area contributed by atoms with Gasteiger partial charge in [-0.3, -0.25) is 10.1 Å². The van der Waals surface area contributed by atoms with Crippen LogP contribution >= 0.6 is 0 Å². The first kappa shape index (κ1) is 9.82. The number of azide groups is 1. The van der Waals surface area contributed by atoms with Crippen molar-refractivity contribution in [3.63, 3.8) is 0 Å². The lowest BCUT2D eigenvalue weighted by Gasteiger charge is -2.00. The zero-order chi connectivity index (χ0) is 10.4. The number of hydrogen-bond donors (Lipinski definition) is 0. The predicted octanol–water partition coefficient (Wildman–Crippen LogP) is 2.24. The van der Waals surface area contributed by atoms with Crippen LogP contribution in [0.15, 0.2) is 29.4 Å². The van der Waals surface area contributed by atoms with Crippen molar-refractivity contribution >= 4 is 5.69 Å². The Bertz CT molecular complexity index is 386. The number of benzene rings is 1. The van der Waals surface area contributed by atoms with Crippen molar-refractivity contribution in [2.24, 2.45) is 5.11 Å². The molecule has 1 aromatic rings. The normalized spacial score (nSPS) is 8.86. The van der Waals surface area contributed by atoms with Crippen molar-refractivity contribution < 1.29 is 9.66 Å². The second kappa shape index (κ2) is 4.68. The SMILES string of the molecule is [N-]=[N+]=NCOc1cccc([N+](=O)[O-])c1. The summed E-state index contributed by atoms with van der Waals surface area (Å²) in [4.78, 5) is 12.3. The van der Waals surface area contributed by atoms with E-state index < -0.39 is 4.92 Å². The fraction of sp³-hybridized carbons (Fsp3) is 0.143.